The van der Waals surface area contributed by atoms with Gasteiger partial charge in [-0.2, -0.15) is 5.10 Å². The molecule has 0 bridgehead atoms. The van der Waals surface area contributed by atoms with Gasteiger partial charge in [-0.05, 0) is 23.8 Å². The third-order valence-corrected chi connectivity index (χ3v) is 2.58. The first-order chi connectivity index (χ1) is 7.81. The summed E-state index contributed by atoms with van der Waals surface area (Å²) in [7, 11) is 0. The SMILES string of the molecule is CC(CON)c1ccc(-n2cccn2)cc1. The van der Waals surface area contributed by atoms with E-state index in [1.807, 2.05) is 29.1 Å². The molecule has 0 radical (unpaired) electrons. The van der Waals surface area contributed by atoms with Gasteiger partial charge in [0, 0.05) is 18.3 Å². The average Bonchev–Trinajstić information content (AvgIpc) is 2.83. The standard InChI is InChI=1S/C12H15N3O/c1-10(9-16-13)11-3-5-12(6-4-11)15-8-2-7-14-15/h2-8,10H,9,13H2,1H3. The van der Waals surface area contributed by atoms with Crippen molar-refractivity contribution in [2.75, 3.05) is 6.61 Å². The maximum atomic E-state index is 5.06. The summed E-state index contributed by atoms with van der Waals surface area (Å²) >= 11 is 0. The van der Waals surface area contributed by atoms with Crippen LogP contribution in [0.15, 0.2) is 42.7 Å². The van der Waals surface area contributed by atoms with Crippen molar-refractivity contribution in [2.45, 2.75) is 12.8 Å². The summed E-state index contributed by atoms with van der Waals surface area (Å²) in [6.07, 6.45) is 3.68. The van der Waals surface area contributed by atoms with Crippen LogP contribution in [0.2, 0.25) is 0 Å². The lowest BCUT2D eigenvalue weighted by molar-refractivity contribution is 0.126. The Hall–Kier alpha value is -1.65. The van der Waals surface area contributed by atoms with E-state index >= 15 is 0 Å². The lowest BCUT2D eigenvalue weighted by Gasteiger charge is -2.10. The predicted octanol–water partition coefficient (Wildman–Crippen LogP) is 1.87. The molecule has 0 aliphatic heterocycles. The van der Waals surface area contributed by atoms with Crippen LogP contribution in [0.5, 0.6) is 0 Å². The molecule has 4 heteroatoms. The lowest BCUT2D eigenvalue weighted by atomic mass is 10.0. The summed E-state index contributed by atoms with van der Waals surface area (Å²) in [6.45, 7) is 2.61. The van der Waals surface area contributed by atoms with Gasteiger partial charge in [0.2, 0.25) is 0 Å². The van der Waals surface area contributed by atoms with Crippen molar-refractivity contribution < 1.29 is 4.84 Å². The van der Waals surface area contributed by atoms with Gasteiger partial charge in [-0.25, -0.2) is 10.6 Å². The molecule has 1 aromatic heterocycles. The van der Waals surface area contributed by atoms with Crippen LogP contribution in [-0.2, 0) is 4.84 Å². The van der Waals surface area contributed by atoms with Crippen molar-refractivity contribution in [1.29, 1.82) is 0 Å². The zero-order valence-electron chi connectivity index (χ0n) is 9.21. The molecular weight excluding hydrogens is 202 g/mol. The van der Waals surface area contributed by atoms with Gasteiger partial charge < -0.3 is 4.84 Å². The predicted molar refractivity (Wildman–Crippen MR) is 62.1 cm³/mol. The van der Waals surface area contributed by atoms with Gasteiger partial charge in [0.15, 0.2) is 0 Å². The molecule has 2 aromatic rings. The van der Waals surface area contributed by atoms with Crippen LogP contribution in [-0.4, -0.2) is 16.4 Å². The van der Waals surface area contributed by atoms with Gasteiger partial charge in [-0.3, -0.25) is 0 Å². The number of aromatic nitrogens is 2. The fourth-order valence-corrected chi connectivity index (χ4v) is 1.62. The third-order valence-electron chi connectivity index (χ3n) is 2.58. The van der Waals surface area contributed by atoms with Crippen molar-refractivity contribution in [3.05, 3.63) is 48.3 Å². The number of rotatable bonds is 4. The van der Waals surface area contributed by atoms with Crippen LogP contribution < -0.4 is 5.90 Å². The first-order valence-electron chi connectivity index (χ1n) is 5.23. The van der Waals surface area contributed by atoms with E-state index in [-0.39, 0.29) is 0 Å². The van der Waals surface area contributed by atoms with Gasteiger partial charge in [0.05, 0.1) is 12.3 Å². The topological polar surface area (TPSA) is 53.1 Å². The van der Waals surface area contributed by atoms with E-state index < -0.39 is 0 Å². The largest absolute Gasteiger partial charge is 0.304 e. The zero-order chi connectivity index (χ0) is 11.4. The second-order valence-electron chi connectivity index (χ2n) is 3.78. The second-order valence-corrected chi connectivity index (χ2v) is 3.78. The van der Waals surface area contributed by atoms with Crippen molar-refractivity contribution in [3.8, 4) is 5.69 Å². The minimum atomic E-state index is 0.302. The van der Waals surface area contributed by atoms with Gasteiger partial charge in [-0.15, -0.1) is 0 Å². The molecule has 1 atom stereocenters. The summed E-state index contributed by atoms with van der Waals surface area (Å²) in [5.41, 5.74) is 2.26. The van der Waals surface area contributed by atoms with Crippen LogP contribution in [0.4, 0.5) is 0 Å². The Balaban J connectivity index is 2.16. The molecule has 0 amide bonds. The molecule has 2 N–H and O–H groups in total. The molecule has 84 valence electrons. The van der Waals surface area contributed by atoms with Crippen molar-refractivity contribution in [1.82, 2.24) is 9.78 Å². The Morgan fingerprint density at radius 3 is 2.69 bits per heavy atom. The summed E-state index contributed by atoms with van der Waals surface area (Å²) in [5, 5.41) is 4.17. The Kier molecular flexibility index (Phi) is 3.34. The molecule has 4 nitrogen and oxygen atoms in total. The lowest BCUT2D eigenvalue weighted by Crippen LogP contribution is -2.08. The van der Waals surface area contributed by atoms with Crippen molar-refractivity contribution >= 4 is 0 Å². The van der Waals surface area contributed by atoms with Gasteiger partial charge in [0.25, 0.3) is 0 Å². The summed E-state index contributed by atoms with van der Waals surface area (Å²) in [6, 6.07) is 10.1. The van der Waals surface area contributed by atoms with Crippen LogP contribution in [0.25, 0.3) is 5.69 Å². The Morgan fingerprint density at radius 1 is 1.38 bits per heavy atom. The quantitative estimate of drug-likeness (QED) is 0.795. The van der Waals surface area contributed by atoms with E-state index in [1.54, 1.807) is 6.20 Å². The smallest absolute Gasteiger partial charge is 0.0745 e. The highest BCUT2D eigenvalue weighted by molar-refractivity contribution is 5.34. The average molecular weight is 217 g/mol. The number of hydrogen-bond acceptors (Lipinski definition) is 3. The van der Waals surface area contributed by atoms with Crippen LogP contribution in [0.3, 0.4) is 0 Å². The number of hydrogen-bond donors (Lipinski definition) is 1. The highest BCUT2D eigenvalue weighted by Crippen LogP contribution is 2.17. The Bertz CT molecular complexity index is 422. The first kappa shape index (κ1) is 10.9. The summed E-state index contributed by atoms with van der Waals surface area (Å²) < 4.78 is 1.83. The Morgan fingerprint density at radius 2 is 2.12 bits per heavy atom. The van der Waals surface area contributed by atoms with E-state index in [2.05, 4.69) is 29.0 Å². The normalized spacial score (nSPS) is 12.6. The molecule has 2 rings (SSSR count). The van der Waals surface area contributed by atoms with Crippen LogP contribution in [0, 0.1) is 0 Å². The molecule has 0 saturated heterocycles. The molecule has 1 heterocycles. The second kappa shape index (κ2) is 4.92. The number of nitrogens with zero attached hydrogens (tertiary/aromatic N) is 2. The van der Waals surface area contributed by atoms with E-state index in [4.69, 9.17) is 5.90 Å². The first-order valence-corrected chi connectivity index (χ1v) is 5.23. The minimum absolute atomic E-state index is 0.302. The molecular formula is C12H15N3O. The van der Waals surface area contributed by atoms with E-state index in [9.17, 15) is 0 Å². The fraction of sp³-hybridized carbons (Fsp3) is 0.250. The van der Waals surface area contributed by atoms with Crippen LogP contribution in [0.1, 0.15) is 18.4 Å². The molecule has 16 heavy (non-hydrogen) atoms. The van der Waals surface area contributed by atoms with E-state index in [0.29, 0.717) is 12.5 Å². The molecule has 0 saturated carbocycles. The Labute approximate surface area is 94.6 Å². The van der Waals surface area contributed by atoms with E-state index in [1.165, 1.54) is 5.56 Å². The van der Waals surface area contributed by atoms with Gasteiger partial charge in [0.1, 0.15) is 0 Å². The molecule has 0 aliphatic rings. The summed E-state index contributed by atoms with van der Waals surface area (Å²) in [5.74, 6) is 5.36. The monoisotopic (exact) mass is 217 g/mol. The number of benzene rings is 1. The summed E-state index contributed by atoms with van der Waals surface area (Å²) in [4.78, 5) is 4.64. The highest BCUT2D eigenvalue weighted by Gasteiger charge is 2.05. The minimum Gasteiger partial charge on any atom is -0.304 e. The zero-order valence-corrected chi connectivity index (χ0v) is 9.21. The van der Waals surface area contributed by atoms with E-state index in [0.717, 1.165) is 5.69 Å². The molecule has 0 aliphatic carbocycles. The fourth-order valence-electron chi connectivity index (χ4n) is 1.62. The van der Waals surface area contributed by atoms with Gasteiger partial charge in [-0.1, -0.05) is 19.1 Å². The van der Waals surface area contributed by atoms with Crippen molar-refractivity contribution in [3.63, 3.8) is 0 Å². The molecule has 0 fully saturated rings. The molecule has 1 unspecified atom stereocenters. The van der Waals surface area contributed by atoms with Crippen LogP contribution >= 0.6 is 0 Å². The van der Waals surface area contributed by atoms with Crippen molar-refractivity contribution in [2.24, 2.45) is 5.90 Å². The molecule has 0 spiro atoms. The maximum absolute atomic E-state index is 5.06. The highest BCUT2D eigenvalue weighted by atomic mass is 16.6. The van der Waals surface area contributed by atoms with Gasteiger partial charge >= 0.3 is 0 Å². The number of nitrogens with two attached hydrogens (primary N) is 1. The molecule has 1 aromatic carbocycles. The third kappa shape index (κ3) is 2.29. The maximum Gasteiger partial charge on any atom is 0.0745 e.